The van der Waals surface area contributed by atoms with E-state index in [2.05, 4.69) is 54.3 Å². The molecule has 2 rings (SSSR count). The molecule has 20 heavy (non-hydrogen) atoms. The highest BCUT2D eigenvalue weighted by Gasteiger charge is 2.38. The van der Waals surface area contributed by atoms with Gasteiger partial charge in [-0.3, -0.25) is 4.79 Å². The lowest BCUT2D eigenvalue weighted by atomic mass is 9.79. The molecule has 1 saturated heterocycles. The Hall–Kier alpha value is -0.520. The number of furan rings is 1. The van der Waals surface area contributed by atoms with E-state index < -0.39 is 0 Å². The fraction of sp³-hybridized carbons (Fsp3) is 0.643. The number of halogens is 2. The van der Waals surface area contributed by atoms with Crippen LogP contribution in [0.4, 0.5) is 0 Å². The molecular formula is C14H22BrClN2O2. The third kappa shape index (κ3) is 4.50. The number of rotatable bonds is 2. The van der Waals surface area contributed by atoms with Crippen molar-refractivity contribution in [1.29, 1.82) is 0 Å². The molecule has 4 nitrogen and oxygen atoms in total. The summed E-state index contributed by atoms with van der Waals surface area (Å²) in [4.78, 5) is 12.1. The fourth-order valence-corrected chi connectivity index (χ4v) is 3.42. The summed E-state index contributed by atoms with van der Waals surface area (Å²) in [6.45, 7) is 8.65. The number of piperidine rings is 1. The molecular weight excluding hydrogens is 344 g/mol. The molecule has 6 heteroatoms. The van der Waals surface area contributed by atoms with Crippen LogP contribution in [-0.4, -0.2) is 23.0 Å². The average molecular weight is 366 g/mol. The van der Waals surface area contributed by atoms with Crippen molar-refractivity contribution >= 4 is 34.2 Å². The third-order valence-electron chi connectivity index (χ3n) is 3.32. The van der Waals surface area contributed by atoms with E-state index in [9.17, 15) is 4.79 Å². The van der Waals surface area contributed by atoms with Crippen molar-refractivity contribution < 1.29 is 9.21 Å². The lowest BCUT2D eigenvalue weighted by Gasteiger charge is -2.46. The van der Waals surface area contributed by atoms with Gasteiger partial charge in [0.25, 0.3) is 5.91 Å². The van der Waals surface area contributed by atoms with E-state index >= 15 is 0 Å². The SMILES string of the molecule is CC1(C)CC(NC(=O)c2ccc(Br)o2)CC(C)(C)N1.Cl. The van der Waals surface area contributed by atoms with Gasteiger partial charge in [0.2, 0.25) is 0 Å². The molecule has 1 fully saturated rings. The highest BCUT2D eigenvalue weighted by molar-refractivity contribution is 9.10. The first kappa shape index (κ1) is 17.5. The Bertz CT molecular complexity index is 469. The molecule has 0 radical (unpaired) electrons. The van der Waals surface area contributed by atoms with Gasteiger partial charge in [0.1, 0.15) is 0 Å². The standard InChI is InChI=1S/C14H21BrN2O2.ClH/c1-13(2)7-9(8-14(3,4)17-13)16-12(18)10-5-6-11(15)19-10;/h5-6,9,17H,7-8H2,1-4H3,(H,16,18);1H. The second-order valence-electron chi connectivity index (χ2n) is 6.58. The maximum absolute atomic E-state index is 12.1. The Kier molecular flexibility index (Phi) is 5.33. The molecule has 2 heterocycles. The monoisotopic (exact) mass is 364 g/mol. The van der Waals surface area contributed by atoms with Gasteiger partial charge in [-0.1, -0.05) is 0 Å². The summed E-state index contributed by atoms with van der Waals surface area (Å²) in [6, 6.07) is 3.56. The molecule has 114 valence electrons. The summed E-state index contributed by atoms with van der Waals surface area (Å²) in [5.41, 5.74) is 0.0346. The van der Waals surface area contributed by atoms with Crippen LogP contribution in [0.25, 0.3) is 0 Å². The van der Waals surface area contributed by atoms with Crippen LogP contribution < -0.4 is 10.6 Å². The van der Waals surface area contributed by atoms with Gasteiger partial charge in [0, 0.05) is 17.1 Å². The van der Waals surface area contributed by atoms with Crippen LogP contribution in [0, 0.1) is 0 Å². The Balaban J connectivity index is 0.00000200. The van der Waals surface area contributed by atoms with Crippen LogP contribution in [0.5, 0.6) is 0 Å². The highest BCUT2D eigenvalue weighted by atomic mass is 79.9. The van der Waals surface area contributed by atoms with Crippen LogP contribution in [0.2, 0.25) is 0 Å². The number of hydrogen-bond acceptors (Lipinski definition) is 3. The Morgan fingerprint density at radius 3 is 2.30 bits per heavy atom. The van der Waals surface area contributed by atoms with Crippen LogP contribution >= 0.6 is 28.3 Å². The first-order valence-electron chi connectivity index (χ1n) is 6.52. The lowest BCUT2D eigenvalue weighted by Crippen LogP contribution is -2.62. The van der Waals surface area contributed by atoms with Crippen LogP contribution in [-0.2, 0) is 0 Å². The molecule has 0 aromatic carbocycles. The van der Waals surface area contributed by atoms with E-state index in [0.29, 0.717) is 10.4 Å². The molecule has 1 aromatic heterocycles. The Labute approximate surface area is 134 Å². The zero-order valence-electron chi connectivity index (χ0n) is 12.2. The van der Waals surface area contributed by atoms with E-state index in [1.165, 1.54) is 0 Å². The minimum absolute atomic E-state index is 0. The topological polar surface area (TPSA) is 54.3 Å². The fourth-order valence-electron chi connectivity index (χ4n) is 3.12. The minimum Gasteiger partial charge on any atom is -0.444 e. The van der Waals surface area contributed by atoms with Crippen molar-refractivity contribution in [3.63, 3.8) is 0 Å². The molecule has 1 amide bonds. The van der Waals surface area contributed by atoms with Crippen molar-refractivity contribution in [2.24, 2.45) is 0 Å². The molecule has 0 unspecified atom stereocenters. The second-order valence-corrected chi connectivity index (χ2v) is 7.36. The van der Waals surface area contributed by atoms with Gasteiger partial charge in [-0.15, -0.1) is 12.4 Å². The summed E-state index contributed by atoms with van der Waals surface area (Å²) in [7, 11) is 0. The molecule has 0 aliphatic carbocycles. The van der Waals surface area contributed by atoms with Gasteiger partial charge in [-0.05, 0) is 68.6 Å². The maximum Gasteiger partial charge on any atom is 0.287 e. The van der Waals surface area contributed by atoms with Gasteiger partial charge in [-0.25, -0.2) is 0 Å². The highest BCUT2D eigenvalue weighted by Crippen LogP contribution is 2.28. The van der Waals surface area contributed by atoms with E-state index in [0.717, 1.165) is 12.8 Å². The number of nitrogens with one attached hydrogen (secondary N) is 2. The zero-order valence-corrected chi connectivity index (χ0v) is 14.7. The van der Waals surface area contributed by atoms with Gasteiger partial charge < -0.3 is 15.1 Å². The van der Waals surface area contributed by atoms with Crippen molar-refractivity contribution in [3.8, 4) is 0 Å². The van der Waals surface area contributed by atoms with Gasteiger partial charge in [-0.2, -0.15) is 0 Å². The zero-order chi connectivity index (χ0) is 14.3. The molecule has 0 bridgehead atoms. The molecule has 2 N–H and O–H groups in total. The number of carbonyl (C=O) groups is 1. The number of hydrogen-bond donors (Lipinski definition) is 2. The van der Waals surface area contributed by atoms with Gasteiger partial charge in [0.15, 0.2) is 10.4 Å². The normalized spacial score (nSPS) is 21.1. The molecule has 0 saturated carbocycles. The summed E-state index contributed by atoms with van der Waals surface area (Å²) in [5.74, 6) is 0.199. The first-order chi connectivity index (χ1) is 8.67. The predicted molar refractivity (Wildman–Crippen MR) is 85.4 cm³/mol. The molecule has 0 spiro atoms. The van der Waals surface area contributed by atoms with Crippen molar-refractivity contribution in [2.45, 2.75) is 57.7 Å². The van der Waals surface area contributed by atoms with E-state index in [4.69, 9.17) is 4.42 Å². The Morgan fingerprint density at radius 1 is 1.30 bits per heavy atom. The first-order valence-corrected chi connectivity index (χ1v) is 7.32. The van der Waals surface area contributed by atoms with Crippen LogP contribution in [0.1, 0.15) is 51.1 Å². The number of carbonyl (C=O) groups excluding carboxylic acids is 1. The van der Waals surface area contributed by atoms with Gasteiger partial charge in [0.05, 0.1) is 0 Å². The quantitative estimate of drug-likeness (QED) is 0.843. The average Bonchev–Trinajstić information content (AvgIpc) is 2.59. The summed E-state index contributed by atoms with van der Waals surface area (Å²) in [5, 5.41) is 6.66. The van der Waals surface area contributed by atoms with E-state index in [-0.39, 0.29) is 35.4 Å². The summed E-state index contributed by atoms with van der Waals surface area (Å²) < 4.78 is 5.85. The lowest BCUT2D eigenvalue weighted by molar-refractivity contribution is 0.0845. The van der Waals surface area contributed by atoms with Gasteiger partial charge >= 0.3 is 0 Å². The second kappa shape index (κ2) is 6.08. The molecule has 1 aliphatic heterocycles. The maximum atomic E-state index is 12.1. The largest absolute Gasteiger partial charge is 0.444 e. The molecule has 0 atom stereocenters. The van der Waals surface area contributed by atoms with Crippen LogP contribution in [0.3, 0.4) is 0 Å². The van der Waals surface area contributed by atoms with Crippen LogP contribution in [0.15, 0.2) is 21.2 Å². The van der Waals surface area contributed by atoms with E-state index in [1.54, 1.807) is 12.1 Å². The third-order valence-corrected chi connectivity index (χ3v) is 3.75. The molecule has 1 aliphatic rings. The summed E-state index contributed by atoms with van der Waals surface area (Å²) in [6.07, 6.45) is 1.81. The molecule has 1 aromatic rings. The van der Waals surface area contributed by atoms with E-state index in [1.807, 2.05) is 0 Å². The number of amides is 1. The Morgan fingerprint density at radius 2 is 1.85 bits per heavy atom. The smallest absolute Gasteiger partial charge is 0.287 e. The predicted octanol–water partition coefficient (Wildman–Crippen LogP) is 3.50. The van der Waals surface area contributed by atoms with Crippen molar-refractivity contribution in [2.75, 3.05) is 0 Å². The van der Waals surface area contributed by atoms with Crippen molar-refractivity contribution in [1.82, 2.24) is 10.6 Å². The minimum atomic E-state index is -0.149. The summed E-state index contributed by atoms with van der Waals surface area (Å²) >= 11 is 3.21. The van der Waals surface area contributed by atoms with Crippen molar-refractivity contribution in [3.05, 3.63) is 22.6 Å².